The fourth-order valence-electron chi connectivity index (χ4n) is 1.02. The fourth-order valence-corrected chi connectivity index (χ4v) is 3.21. The Morgan fingerprint density at radius 1 is 1.50 bits per heavy atom. The minimum atomic E-state index is -3.47. The third-order valence-corrected chi connectivity index (χ3v) is 4.13. The van der Waals surface area contributed by atoms with Gasteiger partial charge in [-0.15, -0.1) is 0 Å². The molecule has 0 spiro atoms. The molecule has 1 aromatic rings. The number of sulfone groups is 1. The zero-order chi connectivity index (χ0) is 10.8. The highest BCUT2D eigenvalue weighted by Crippen LogP contribution is 2.23. The summed E-state index contributed by atoms with van der Waals surface area (Å²) in [5.41, 5.74) is 0.966. The van der Waals surface area contributed by atoms with Gasteiger partial charge in [-0.2, -0.15) is 5.26 Å². The van der Waals surface area contributed by atoms with E-state index >= 15 is 0 Å². The largest absolute Gasteiger partial charge is 0.223 e. The second kappa shape index (κ2) is 4.11. The molecule has 0 radical (unpaired) electrons. The molecule has 3 nitrogen and oxygen atoms in total. The third-order valence-electron chi connectivity index (χ3n) is 1.68. The number of benzene rings is 1. The lowest BCUT2D eigenvalue weighted by Gasteiger charge is -2.03. The standard InChI is InChI=1S/C9H8BrNO2S/c1-7-2-3-9(8(10)6-7)14(12,13)5-4-11/h2-3,6H,5H2,1H3. The predicted octanol–water partition coefficient (Wildman–Crippen LogP) is 2.05. The van der Waals surface area contributed by atoms with Crippen molar-refractivity contribution in [2.75, 3.05) is 5.75 Å². The van der Waals surface area contributed by atoms with Gasteiger partial charge in [0, 0.05) is 4.47 Å². The lowest BCUT2D eigenvalue weighted by Crippen LogP contribution is -2.05. The molecule has 0 unspecified atom stereocenters. The Morgan fingerprint density at radius 3 is 2.64 bits per heavy atom. The van der Waals surface area contributed by atoms with Crippen LogP contribution < -0.4 is 0 Å². The van der Waals surface area contributed by atoms with Crippen molar-refractivity contribution in [3.05, 3.63) is 28.2 Å². The summed E-state index contributed by atoms with van der Waals surface area (Å²) in [5, 5.41) is 8.36. The Balaban J connectivity index is 3.29. The molecule has 0 heterocycles. The van der Waals surface area contributed by atoms with Crippen LogP contribution in [-0.2, 0) is 9.84 Å². The van der Waals surface area contributed by atoms with Crippen molar-refractivity contribution in [2.24, 2.45) is 0 Å². The predicted molar refractivity (Wildman–Crippen MR) is 56.5 cm³/mol. The van der Waals surface area contributed by atoms with Crippen LogP contribution in [0.25, 0.3) is 0 Å². The van der Waals surface area contributed by atoms with Gasteiger partial charge in [-0.1, -0.05) is 6.07 Å². The summed E-state index contributed by atoms with van der Waals surface area (Å²) in [6.45, 7) is 1.87. The molecule has 5 heteroatoms. The number of rotatable bonds is 2. The van der Waals surface area contributed by atoms with Crippen molar-refractivity contribution in [2.45, 2.75) is 11.8 Å². The molecule has 0 atom stereocenters. The minimum absolute atomic E-state index is 0.171. The Labute approximate surface area is 91.4 Å². The first-order chi connectivity index (χ1) is 6.47. The molecular formula is C9H8BrNO2S. The molecule has 0 aliphatic heterocycles. The van der Waals surface area contributed by atoms with Crippen LogP contribution in [0, 0.1) is 18.3 Å². The van der Waals surface area contributed by atoms with Crippen molar-refractivity contribution in [3.63, 3.8) is 0 Å². The lowest BCUT2D eigenvalue weighted by atomic mass is 10.2. The molecule has 1 aromatic carbocycles. The summed E-state index contributed by atoms with van der Waals surface area (Å²) >= 11 is 3.16. The van der Waals surface area contributed by atoms with Crippen molar-refractivity contribution >= 4 is 25.8 Å². The second-order valence-electron chi connectivity index (χ2n) is 2.85. The Morgan fingerprint density at radius 2 is 2.14 bits per heavy atom. The van der Waals surface area contributed by atoms with Crippen LogP contribution in [0.3, 0.4) is 0 Å². The maximum Gasteiger partial charge on any atom is 0.192 e. The van der Waals surface area contributed by atoms with E-state index in [4.69, 9.17) is 5.26 Å². The van der Waals surface area contributed by atoms with Gasteiger partial charge < -0.3 is 0 Å². The molecule has 0 aromatic heterocycles. The summed E-state index contributed by atoms with van der Waals surface area (Å²) in [6, 6.07) is 6.56. The van der Waals surface area contributed by atoms with Crippen molar-refractivity contribution in [1.29, 1.82) is 5.26 Å². The molecular weight excluding hydrogens is 266 g/mol. The van der Waals surface area contributed by atoms with Crippen LogP contribution in [0.2, 0.25) is 0 Å². The van der Waals surface area contributed by atoms with Gasteiger partial charge in [0.25, 0.3) is 0 Å². The Bertz CT molecular complexity index is 488. The smallest absolute Gasteiger partial charge is 0.192 e. The molecule has 0 amide bonds. The fraction of sp³-hybridized carbons (Fsp3) is 0.222. The van der Waals surface area contributed by atoms with Gasteiger partial charge in [0.15, 0.2) is 9.84 Å². The molecule has 0 saturated heterocycles. The van der Waals surface area contributed by atoms with Gasteiger partial charge in [-0.25, -0.2) is 8.42 Å². The number of nitrogens with zero attached hydrogens (tertiary/aromatic N) is 1. The summed E-state index contributed by atoms with van der Waals surface area (Å²) in [7, 11) is -3.47. The summed E-state index contributed by atoms with van der Waals surface area (Å²) in [4.78, 5) is 0.171. The van der Waals surface area contributed by atoms with E-state index in [1.54, 1.807) is 18.2 Å². The zero-order valence-corrected chi connectivity index (χ0v) is 9.89. The summed E-state index contributed by atoms with van der Waals surface area (Å²) < 4.78 is 23.5. The van der Waals surface area contributed by atoms with Crippen LogP contribution >= 0.6 is 15.9 Å². The summed E-state index contributed by atoms with van der Waals surface area (Å²) in [6.07, 6.45) is 0. The van der Waals surface area contributed by atoms with Gasteiger partial charge in [0.2, 0.25) is 0 Å². The van der Waals surface area contributed by atoms with Crippen LogP contribution in [0.5, 0.6) is 0 Å². The molecule has 0 bridgehead atoms. The van der Waals surface area contributed by atoms with Crippen LogP contribution in [0.4, 0.5) is 0 Å². The topological polar surface area (TPSA) is 57.9 Å². The maximum absolute atomic E-state index is 11.5. The van der Waals surface area contributed by atoms with E-state index in [9.17, 15) is 8.42 Å². The normalized spacial score (nSPS) is 10.9. The maximum atomic E-state index is 11.5. The minimum Gasteiger partial charge on any atom is -0.223 e. The second-order valence-corrected chi connectivity index (χ2v) is 5.66. The first kappa shape index (κ1) is 11.2. The van der Waals surface area contributed by atoms with Crippen LogP contribution in [0.1, 0.15) is 5.56 Å². The SMILES string of the molecule is Cc1ccc(S(=O)(=O)CC#N)c(Br)c1. The van der Waals surface area contributed by atoms with E-state index in [0.717, 1.165) is 5.56 Å². The molecule has 0 aliphatic rings. The molecule has 0 saturated carbocycles. The number of aryl methyl sites for hydroxylation is 1. The average Bonchev–Trinajstić information content (AvgIpc) is 2.02. The molecule has 74 valence electrons. The van der Waals surface area contributed by atoms with E-state index in [1.807, 2.05) is 6.92 Å². The number of hydrogen-bond acceptors (Lipinski definition) is 3. The van der Waals surface area contributed by atoms with Gasteiger partial charge in [-0.05, 0) is 40.5 Å². The first-order valence-corrected chi connectivity index (χ1v) is 6.28. The highest BCUT2D eigenvalue weighted by atomic mass is 79.9. The Hall–Kier alpha value is -0.860. The lowest BCUT2D eigenvalue weighted by molar-refractivity contribution is 0.599. The molecule has 0 fully saturated rings. The van der Waals surface area contributed by atoms with Crippen LogP contribution in [0.15, 0.2) is 27.6 Å². The highest BCUT2D eigenvalue weighted by molar-refractivity contribution is 9.10. The van der Waals surface area contributed by atoms with E-state index in [0.29, 0.717) is 4.47 Å². The molecule has 0 aliphatic carbocycles. The van der Waals surface area contributed by atoms with Gasteiger partial charge in [0.1, 0.15) is 5.75 Å². The molecule has 1 rings (SSSR count). The third kappa shape index (κ3) is 2.34. The number of hydrogen-bond donors (Lipinski definition) is 0. The van der Waals surface area contributed by atoms with E-state index in [2.05, 4.69) is 15.9 Å². The van der Waals surface area contributed by atoms with E-state index < -0.39 is 15.6 Å². The van der Waals surface area contributed by atoms with Crippen molar-refractivity contribution < 1.29 is 8.42 Å². The average molecular weight is 274 g/mol. The van der Waals surface area contributed by atoms with Gasteiger partial charge in [-0.3, -0.25) is 0 Å². The van der Waals surface area contributed by atoms with E-state index in [-0.39, 0.29) is 4.90 Å². The van der Waals surface area contributed by atoms with Gasteiger partial charge >= 0.3 is 0 Å². The van der Waals surface area contributed by atoms with Crippen molar-refractivity contribution in [1.82, 2.24) is 0 Å². The summed E-state index contributed by atoms with van der Waals surface area (Å²) in [5.74, 6) is -0.491. The monoisotopic (exact) mass is 273 g/mol. The van der Waals surface area contributed by atoms with Crippen molar-refractivity contribution in [3.8, 4) is 6.07 Å². The first-order valence-electron chi connectivity index (χ1n) is 3.83. The zero-order valence-electron chi connectivity index (χ0n) is 7.49. The highest BCUT2D eigenvalue weighted by Gasteiger charge is 2.16. The molecule has 0 N–H and O–H groups in total. The Kier molecular flexibility index (Phi) is 3.29. The van der Waals surface area contributed by atoms with Gasteiger partial charge in [0.05, 0.1) is 11.0 Å². The molecule has 14 heavy (non-hydrogen) atoms. The quantitative estimate of drug-likeness (QED) is 0.829. The van der Waals surface area contributed by atoms with Crippen LogP contribution in [-0.4, -0.2) is 14.2 Å². The van der Waals surface area contributed by atoms with E-state index in [1.165, 1.54) is 6.07 Å². The number of halogens is 1. The number of nitriles is 1.